The van der Waals surface area contributed by atoms with Crippen LogP contribution in [0.2, 0.25) is 0 Å². The number of aliphatic carboxylic acids is 1. The van der Waals surface area contributed by atoms with Gasteiger partial charge in [0, 0.05) is 6.61 Å². The number of aliphatic hydroxyl groups is 1. The van der Waals surface area contributed by atoms with Crippen molar-refractivity contribution in [1.29, 1.82) is 0 Å². The number of unbranched alkanes of at least 4 members (excludes halogenated alkanes) is 6. The Kier molecular flexibility index (Phi) is 18.9. The first-order valence-corrected chi connectivity index (χ1v) is 6.69. The molecule has 0 aromatic rings. The van der Waals surface area contributed by atoms with Crippen molar-refractivity contribution < 1.29 is 15.0 Å². The lowest BCUT2D eigenvalue weighted by Crippen LogP contribution is -1.92. The van der Waals surface area contributed by atoms with Gasteiger partial charge in [0.15, 0.2) is 0 Å². The first-order valence-electron chi connectivity index (χ1n) is 5.57. The Morgan fingerprint density at radius 1 is 1.07 bits per heavy atom. The van der Waals surface area contributed by atoms with E-state index in [1.165, 1.54) is 38.5 Å². The molecule has 0 atom stereocenters. The van der Waals surface area contributed by atoms with Gasteiger partial charge in [-0.3, -0.25) is 4.79 Å². The van der Waals surface area contributed by atoms with Gasteiger partial charge in [-0.05, 0) is 6.42 Å². The summed E-state index contributed by atoms with van der Waals surface area (Å²) >= 11 is 2.71. The monoisotopic (exact) mass is 282 g/mol. The van der Waals surface area contributed by atoms with Gasteiger partial charge in [-0.2, -0.15) is 0 Å². The van der Waals surface area contributed by atoms with Crippen LogP contribution in [0.15, 0.2) is 0 Å². The minimum atomic E-state index is -0.829. The van der Waals surface area contributed by atoms with Gasteiger partial charge in [0.05, 0.1) is 0 Å². The number of carboxylic acid groups (broad SMARTS) is 1. The SMILES string of the molecule is CCCCCCCCCO.O=C(O)CBr. The standard InChI is InChI=1S/C9H20O.C2H3BrO2/c1-2-3-4-5-6-7-8-9-10;3-1-2(4)5/h10H,2-9H2,1H3;1H2,(H,4,5). The molecule has 15 heavy (non-hydrogen) atoms. The second kappa shape index (κ2) is 16.3. The first-order chi connectivity index (χ1) is 7.18. The van der Waals surface area contributed by atoms with E-state index in [9.17, 15) is 4.79 Å². The topological polar surface area (TPSA) is 57.5 Å². The van der Waals surface area contributed by atoms with E-state index in [2.05, 4.69) is 22.9 Å². The average Bonchev–Trinajstić information content (AvgIpc) is 2.24. The Balaban J connectivity index is 0. The number of alkyl halides is 1. The van der Waals surface area contributed by atoms with Crippen molar-refractivity contribution in [2.24, 2.45) is 0 Å². The molecule has 2 N–H and O–H groups in total. The lowest BCUT2D eigenvalue weighted by molar-refractivity contribution is -0.133. The molecule has 0 saturated heterocycles. The molecular formula is C11H23BrO3. The van der Waals surface area contributed by atoms with Gasteiger partial charge in [-0.25, -0.2) is 0 Å². The molecule has 0 rings (SSSR count). The minimum Gasteiger partial charge on any atom is -0.481 e. The molecule has 0 radical (unpaired) electrons. The maximum Gasteiger partial charge on any atom is 0.314 e. The molecule has 4 heteroatoms. The summed E-state index contributed by atoms with van der Waals surface area (Å²) in [5.74, 6) is -0.829. The smallest absolute Gasteiger partial charge is 0.314 e. The van der Waals surface area contributed by atoms with Crippen LogP contribution < -0.4 is 0 Å². The number of aliphatic hydroxyl groups excluding tert-OH is 1. The van der Waals surface area contributed by atoms with Crippen molar-refractivity contribution in [2.45, 2.75) is 51.9 Å². The molecule has 0 aliphatic rings. The quantitative estimate of drug-likeness (QED) is 0.531. The number of carbonyl (C=O) groups is 1. The highest BCUT2D eigenvalue weighted by molar-refractivity contribution is 9.09. The zero-order valence-corrected chi connectivity index (χ0v) is 11.1. The Bertz CT molecular complexity index is 121. The van der Waals surface area contributed by atoms with Crippen LogP contribution in [0.25, 0.3) is 0 Å². The number of hydrogen-bond acceptors (Lipinski definition) is 2. The number of carboxylic acids is 1. The van der Waals surface area contributed by atoms with Crippen molar-refractivity contribution in [1.82, 2.24) is 0 Å². The molecule has 0 fully saturated rings. The summed E-state index contributed by atoms with van der Waals surface area (Å²) in [4.78, 5) is 9.32. The third-order valence-corrected chi connectivity index (χ3v) is 2.36. The highest BCUT2D eigenvalue weighted by atomic mass is 79.9. The highest BCUT2D eigenvalue weighted by Crippen LogP contribution is 2.05. The van der Waals surface area contributed by atoms with E-state index in [0.29, 0.717) is 6.61 Å². The highest BCUT2D eigenvalue weighted by Gasteiger charge is 1.88. The van der Waals surface area contributed by atoms with E-state index in [-0.39, 0.29) is 5.33 Å². The fraction of sp³-hybridized carbons (Fsp3) is 0.909. The molecule has 0 aliphatic heterocycles. The summed E-state index contributed by atoms with van der Waals surface area (Å²) in [6.07, 6.45) is 8.93. The molecule has 0 spiro atoms. The molecule has 0 heterocycles. The lowest BCUT2D eigenvalue weighted by Gasteiger charge is -1.97. The van der Waals surface area contributed by atoms with Crippen LogP contribution in [0.1, 0.15) is 51.9 Å². The fourth-order valence-electron chi connectivity index (χ4n) is 1.07. The summed E-state index contributed by atoms with van der Waals surface area (Å²) in [5, 5.41) is 16.2. The van der Waals surface area contributed by atoms with Crippen molar-refractivity contribution in [2.75, 3.05) is 11.9 Å². The van der Waals surface area contributed by atoms with E-state index >= 15 is 0 Å². The van der Waals surface area contributed by atoms with Crippen LogP contribution >= 0.6 is 15.9 Å². The third kappa shape index (κ3) is 24.9. The van der Waals surface area contributed by atoms with Gasteiger partial charge in [-0.15, -0.1) is 0 Å². The van der Waals surface area contributed by atoms with E-state index in [1.54, 1.807) is 0 Å². The average molecular weight is 283 g/mol. The summed E-state index contributed by atoms with van der Waals surface area (Å²) in [5.41, 5.74) is 0. The first kappa shape index (κ1) is 17.3. The van der Waals surface area contributed by atoms with E-state index < -0.39 is 5.97 Å². The molecule has 0 aromatic carbocycles. The molecule has 0 saturated carbocycles. The maximum atomic E-state index is 9.32. The largest absolute Gasteiger partial charge is 0.481 e. The van der Waals surface area contributed by atoms with Crippen molar-refractivity contribution in [3.8, 4) is 0 Å². The number of halogens is 1. The number of rotatable bonds is 8. The summed E-state index contributed by atoms with van der Waals surface area (Å²) in [6.45, 7) is 2.60. The van der Waals surface area contributed by atoms with Crippen LogP contribution in [0.3, 0.4) is 0 Å². The molecule has 92 valence electrons. The van der Waals surface area contributed by atoms with Crippen molar-refractivity contribution in [3.05, 3.63) is 0 Å². The minimum absolute atomic E-state index is 0.0347. The van der Waals surface area contributed by atoms with Crippen molar-refractivity contribution >= 4 is 21.9 Å². The van der Waals surface area contributed by atoms with Crippen molar-refractivity contribution in [3.63, 3.8) is 0 Å². The Morgan fingerprint density at radius 2 is 1.47 bits per heavy atom. The van der Waals surface area contributed by atoms with Gasteiger partial charge in [0.2, 0.25) is 0 Å². The van der Waals surface area contributed by atoms with Crippen LogP contribution in [0.5, 0.6) is 0 Å². The summed E-state index contributed by atoms with van der Waals surface area (Å²) < 4.78 is 0. The van der Waals surface area contributed by atoms with Gasteiger partial charge < -0.3 is 10.2 Å². The molecule has 0 unspecified atom stereocenters. The van der Waals surface area contributed by atoms with Crippen LogP contribution in [0.4, 0.5) is 0 Å². The molecule has 0 amide bonds. The summed E-state index contributed by atoms with van der Waals surface area (Å²) in [6, 6.07) is 0. The Labute approximate surface area is 101 Å². The van der Waals surface area contributed by atoms with Crippen LogP contribution in [-0.4, -0.2) is 28.1 Å². The molecular weight excluding hydrogens is 260 g/mol. The fourth-order valence-corrected chi connectivity index (χ4v) is 1.07. The van der Waals surface area contributed by atoms with E-state index in [4.69, 9.17) is 10.2 Å². The second-order valence-corrected chi connectivity index (χ2v) is 3.93. The van der Waals surface area contributed by atoms with Crippen LogP contribution in [-0.2, 0) is 4.79 Å². The Morgan fingerprint density at radius 3 is 1.80 bits per heavy atom. The predicted molar refractivity (Wildman–Crippen MR) is 66.5 cm³/mol. The van der Waals surface area contributed by atoms with E-state index in [1.807, 2.05) is 0 Å². The molecule has 0 bridgehead atoms. The van der Waals surface area contributed by atoms with Crippen LogP contribution in [0, 0.1) is 0 Å². The molecule has 3 nitrogen and oxygen atoms in total. The molecule has 0 aliphatic carbocycles. The Hall–Kier alpha value is -0.0900. The third-order valence-electron chi connectivity index (χ3n) is 1.88. The maximum absolute atomic E-state index is 9.32. The van der Waals surface area contributed by atoms with Gasteiger partial charge in [-0.1, -0.05) is 61.4 Å². The van der Waals surface area contributed by atoms with Gasteiger partial charge in [0.1, 0.15) is 5.33 Å². The zero-order chi connectivity index (χ0) is 11.9. The number of hydrogen-bond donors (Lipinski definition) is 2. The summed E-state index contributed by atoms with van der Waals surface area (Å²) in [7, 11) is 0. The second-order valence-electron chi connectivity index (χ2n) is 3.37. The van der Waals surface area contributed by atoms with Gasteiger partial charge in [0.25, 0.3) is 0 Å². The lowest BCUT2D eigenvalue weighted by atomic mass is 10.1. The molecule has 0 aromatic heterocycles. The van der Waals surface area contributed by atoms with E-state index in [0.717, 1.165) is 6.42 Å². The normalized spacial score (nSPS) is 9.27. The van der Waals surface area contributed by atoms with Gasteiger partial charge >= 0.3 is 5.97 Å². The predicted octanol–water partition coefficient (Wildman–Crippen LogP) is 3.20. The zero-order valence-electron chi connectivity index (χ0n) is 9.54.